The van der Waals surface area contributed by atoms with Crippen LogP contribution in [0, 0.1) is 0 Å². The molecule has 2 aromatic rings. The summed E-state index contributed by atoms with van der Waals surface area (Å²) in [5.74, 6) is 0. The van der Waals surface area contributed by atoms with Crippen LogP contribution in [0.1, 0.15) is 13.8 Å². The maximum atomic E-state index is 5.78. The Labute approximate surface area is 141 Å². The zero-order chi connectivity index (χ0) is 16.2. The Morgan fingerprint density at radius 3 is 2.74 bits per heavy atom. The Bertz CT molecular complexity index is 610. The molecule has 0 N–H and O–H groups in total. The molecule has 3 rings (SSSR count). The van der Waals surface area contributed by atoms with Crippen LogP contribution in [0.2, 0.25) is 0 Å². The molecule has 0 aromatic carbocycles. The highest BCUT2D eigenvalue weighted by atomic mass is 32.1. The maximum Gasteiger partial charge on any atom is 0.208 e. The van der Waals surface area contributed by atoms with Crippen molar-refractivity contribution in [1.82, 2.24) is 20.1 Å². The highest BCUT2D eigenvalue weighted by Crippen LogP contribution is 2.26. The molecule has 0 spiro atoms. The number of nitrogens with zero attached hydrogens (tertiary/aromatic N) is 5. The number of anilines is 1. The SMILES string of the molecule is C[C@@H]1CN(CCN(C)c2nnc(-c3ccccn3)s2)C[C@H](C)O1. The van der Waals surface area contributed by atoms with Crippen LogP contribution >= 0.6 is 11.3 Å². The fourth-order valence-electron chi connectivity index (χ4n) is 2.82. The molecule has 1 saturated heterocycles. The van der Waals surface area contributed by atoms with Crippen LogP contribution in [0.25, 0.3) is 10.7 Å². The molecular formula is C16H23N5OS. The molecule has 0 aliphatic carbocycles. The zero-order valence-electron chi connectivity index (χ0n) is 13.8. The van der Waals surface area contributed by atoms with Gasteiger partial charge in [-0.1, -0.05) is 17.4 Å². The predicted octanol–water partition coefficient (Wildman–Crippen LogP) is 2.15. The Balaban J connectivity index is 1.56. The standard InChI is InChI=1S/C16H23N5OS/c1-12-10-21(11-13(2)22-12)9-8-20(3)16-19-18-15(23-16)14-6-4-5-7-17-14/h4-7,12-13H,8-11H2,1-3H3/t12-,13+. The minimum atomic E-state index is 0.307. The molecule has 6 nitrogen and oxygen atoms in total. The summed E-state index contributed by atoms with van der Waals surface area (Å²) in [5.41, 5.74) is 0.875. The van der Waals surface area contributed by atoms with E-state index in [2.05, 4.69) is 45.9 Å². The Hall–Kier alpha value is -1.57. The monoisotopic (exact) mass is 333 g/mol. The highest BCUT2D eigenvalue weighted by molar-refractivity contribution is 7.18. The van der Waals surface area contributed by atoms with E-state index in [1.54, 1.807) is 17.5 Å². The van der Waals surface area contributed by atoms with E-state index in [0.29, 0.717) is 12.2 Å². The molecule has 2 atom stereocenters. The van der Waals surface area contributed by atoms with Gasteiger partial charge in [0.05, 0.1) is 12.2 Å². The largest absolute Gasteiger partial charge is 0.373 e. The molecule has 3 heterocycles. The van der Waals surface area contributed by atoms with Crippen molar-refractivity contribution in [3.8, 4) is 10.7 Å². The number of rotatable bonds is 5. The summed E-state index contributed by atoms with van der Waals surface area (Å²) in [5, 5.41) is 10.3. The van der Waals surface area contributed by atoms with Crippen LogP contribution in [0.3, 0.4) is 0 Å². The van der Waals surface area contributed by atoms with Crippen molar-refractivity contribution in [3.05, 3.63) is 24.4 Å². The minimum absolute atomic E-state index is 0.307. The van der Waals surface area contributed by atoms with Gasteiger partial charge in [0.25, 0.3) is 0 Å². The maximum absolute atomic E-state index is 5.78. The molecule has 0 amide bonds. The van der Waals surface area contributed by atoms with Gasteiger partial charge in [-0.15, -0.1) is 10.2 Å². The number of hydrogen-bond acceptors (Lipinski definition) is 7. The van der Waals surface area contributed by atoms with Crippen molar-refractivity contribution in [2.45, 2.75) is 26.1 Å². The lowest BCUT2D eigenvalue weighted by molar-refractivity contribution is -0.0670. The Morgan fingerprint density at radius 1 is 1.26 bits per heavy atom. The van der Waals surface area contributed by atoms with E-state index in [1.807, 2.05) is 18.2 Å². The molecule has 1 aliphatic heterocycles. The van der Waals surface area contributed by atoms with Crippen LogP contribution in [0.5, 0.6) is 0 Å². The second-order valence-corrected chi connectivity index (χ2v) is 7.00. The molecule has 23 heavy (non-hydrogen) atoms. The van der Waals surface area contributed by atoms with Crippen LogP contribution in [-0.2, 0) is 4.74 Å². The zero-order valence-corrected chi connectivity index (χ0v) is 14.7. The van der Waals surface area contributed by atoms with Crippen LogP contribution in [0.4, 0.5) is 5.13 Å². The molecule has 0 unspecified atom stereocenters. The summed E-state index contributed by atoms with van der Waals surface area (Å²) < 4.78 is 5.78. The molecule has 0 saturated carbocycles. The van der Waals surface area contributed by atoms with Gasteiger partial charge in [-0.3, -0.25) is 9.88 Å². The van der Waals surface area contributed by atoms with Gasteiger partial charge in [-0.2, -0.15) is 0 Å². The van der Waals surface area contributed by atoms with Crippen molar-refractivity contribution >= 4 is 16.5 Å². The molecular weight excluding hydrogens is 310 g/mol. The number of aromatic nitrogens is 3. The number of morpholine rings is 1. The van der Waals surface area contributed by atoms with E-state index >= 15 is 0 Å². The summed E-state index contributed by atoms with van der Waals surface area (Å²) in [4.78, 5) is 8.94. The van der Waals surface area contributed by atoms with E-state index in [0.717, 1.165) is 42.0 Å². The number of pyridine rings is 1. The summed E-state index contributed by atoms with van der Waals surface area (Å²) in [6.45, 7) is 8.19. The summed E-state index contributed by atoms with van der Waals surface area (Å²) >= 11 is 1.58. The molecule has 7 heteroatoms. The molecule has 1 aliphatic rings. The predicted molar refractivity (Wildman–Crippen MR) is 92.9 cm³/mol. The van der Waals surface area contributed by atoms with Gasteiger partial charge < -0.3 is 9.64 Å². The lowest BCUT2D eigenvalue weighted by atomic mass is 10.2. The Kier molecular flexibility index (Phi) is 5.20. The molecule has 1 fully saturated rings. The first-order valence-corrected chi connectivity index (χ1v) is 8.77. The lowest BCUT2D eigenvalue weighted by Crippen LogP contribution is -2.47. The third-order valence-electron chi connectivity index (χ3n) is 3.87. The van der Waals surface area contributed by atoms with Gasteiger partial charge in [0.15, 0.2) is 5.01 Å². The molecule has 124 valence electrons. The first-order valence-electron chi connectivity index (χ1n) is 7.95. The quantitative estimate of drug-likeness (QED) is 0.836. The van der Waals surface area contributed by atoms with E-state index < -0.39 is 0 Å². The van der Waals surface area contributed by atoms with Gasteiger partial charge in [-0.05, 0) is 26.0 Å². The van der Waals surface area contributed by atoms with Crippen molar-refractivity contribution in [1.29, 1.82) is 0 Å². The van der Waals surface area contributed by atoms with Crippen molar-refractivity contribution in [3.63, 3.8) is 0 Å². The van der Waals surface area contributed by atoms with E-state index in [9.17, 15) is 0 Å². The second kappa shape index (κ2) is 7.33. The Morgan fingerprint density at radius 2 is 2.04 bits per heavy atom. The average molecular weight is 333 g/mol. The molecule has 2 aromatic heterocycles. The topological polar surface area (TPSA) is 54.4 Å². The van der Waals surface area contributed by atoms with E-state index in [-0.39, 0.29) is 0 Å². The van der Waals surface area contributed by atoms with Gasteiger partial charge in [-0.25, -0.2) is 0 Å². The van der Waals surface area contributed by atoms with E-state index in [1.165, 1.54) is 0 Å². The number of ether oxygens (including phenoxy) is 1. The third kappa shape index (κ3) is 4.25. The first kappa shape index (κ1) is 16.3. The minimum Gasteiger partial charge on any atom is -0.373 e. The molecule has 0 radical (unpaired) electrons. The highest BCUT2D eigenvalue weighted by Gasteiger charge is 2.22. The van der Waals surface area contributed by atoms with E-state index in [4.69, 9.17) is 4.74 Å². The number of likely N-dealkylation sites (N-methyl/N-ethyl adjacent to an activating group) is 1. The fraction of sp³-hybridized carbons (Fsp3) is 0.562. The van der Waals surface area contributed by atoms with Crippen LogP contribution in [0.15, 0.2) is 24.4 Å². The summed E-state index contributed by atoms with van der Waals surface area (Å²) in [6.07, 6.45) is 2.39. The normalized spacial score (nSPS) is 22.2. The molecule has 0 bridgehead atoms. The summed E-state index contributed by atoms with van der Waals surface area (Å²) in [7, 11) is 2.07. The van der Waals surface area contributed by atoms with Gasteiger partial charge in [0.2, 0.25) is 5.13 Å². The van der Waals surface area contributed by atoms with Crippen molar-refractivity contribution in [2.24, 2.45) is 0 Å². The van der Waals surface area contributed by atoms with Gasteiger partial charge in [0.1, 0.15) is 5.69 Å². The first-order chi connectivity index (χ1) is 11.1. The number of hydrogen-bond donors (Lipinski definition) is 0. The lowest BCUT2D eigenvalue weighted by Gasteiger charge is -2.36. The summed E-state index contributed by atoms with van der Waals surface area (Å²) in [6, 6.07) is 5.83. The van der Waals surface area contributed by atoms with Crippen LogP contribution in [-0.4, -0.2) is 65.5 Å². The fourth-order valence-corrected chi connectivity index (χ4v) is 3.63. The van der Waals surface area contributed by atoms with Crippen LogP contribution < -0.4 is 4.90 Å². The van der Waals surface area contributed by atoms with Gasteiger partial charge >= 0.3 is 0 Å². The third-order valence-corrected chi connectivity index (χ3v) is 4.93. The second-order valence-electron chi connectivity index (χ2n) is 6.04. The van der Waals surface area contributed by atoms with Crippen molar-refractivity contribution < 1.29 is 4.74 Å². The average Bonchev–Trinajstić information content (AvgIpc) is 3.03. The smallest absolute Gasteiger partial charge is 0.208 e. The van der Waals surface area contributed by atoms with Gasteiger partial charge in [0, 0.05) is 39.4 Å². The van der Waals surface area contributed by atoms with Crippen molar-refractivity contribution in [2.75, 3.05) is 38.1 Å².